The molecule has 0 aromatic heterocycles. The Kier molecular flexibility index (Phi) is 6.87. The molecule has 0 unspecified atom stereocenters. The number of carbonyl (C=O) groups excluding carboxylic acids is 2. The monoisotopic (exact) mass is 390 g/mol. The van der Waals surface area contributed by atoms with Crippen LogP contribution < -0.4 is 10.6 Å². The Morgan fingerprint density at radius 3 is 2.25 bits per heavy atom. The Balaban J connectivity index is 1.72. The number of carbonyl (C=O) groups is 2. The molecule has 0 bridgehead atoms. The summed E-state index contributed by atoms with van der Waals surface area (Å²) in [5.41, 5.74) is 2.61. The first-order valence-electron chi connectivity index (χ1n) is 9.03. The Labute approximate surface area is 169 Å². The zero-order valence-corrected chi connectivity index (χ0v) is 16.4. The highest BCUT2D eigenvalue weighted by atomic mass is 32.2. The third kappa shape index (κ3) is 5.72. The molecule has 0 heterocycles. The molecule has 0 fully saturated rings. The van der Waals surface area contributed by atoms with Crippen molar-refractivity contribution in [1.82, 2.24) is 5.32 Å². The molecule has 5 heteroatoms. The van der Waals surface area contributed by atoms with Gasteiger partial charge in [0.1, 0.15) is 5.25 Å². The third-order valence-corrected chi connectivity index (χ3v) is 5.32. The second-order valence-corrected chi connectivity index (χ2v) is 7.50. The summed E-state index contributed by atoms with van der Waals surface area (Å²) in [5.74, 6) is -0.172. The predicted octanol–water partition coefficient (Wildman–Crippen LogP) is 4.79. The molecule has 28 heavy (non-hydrogen) atoms. The molecule has 0 aliphatic rings. The molecule has 0 saturated carbocycles. The number of nitrogens with one attached hydrogen (secondary N) is 2. The molecule has 142 valence electrons. The van der Waals surface area contributed by atoms with Crippen molar-refractivity contribution in [1.29, 1.82) is 0 Å². The Morgan fingerprint density at radius 1 is 0.893 bits per heavy atom. The van der Waals surface area contributed by atoms with Crippen LogP contribution in [0.25, 0.3) is 0 Å². The summed E-state index contributed by atoms with van der Waals surface area (Å²) in [6.07, 6.45) is 0. The highest BCUT2D eigenvalue weighted by molar-refractivity contribution is 8.00. The van der Waals surface area contributed by atoms with Gasteiger partial charge in [0.15, 0.2) is 0 Å². The molecule has 0 spiro atoms. The van der Waals surface area contributed by atoms with Crippen LogP contribution in [0, 0.1) is 0 Å². The summed E-state index contributed by atoms with van der Waals surface area (Å²) in [6.45, 7) is 1.87. The van der Waals surface area contributed by atoms with Crippen LogP contribution >= 0.6 is 11.8 Å². The molecule has 4 nitrogen and oxygen atoms in total. The van der Waals surface area contributed by atoms with Crippen LogP contribution in [0.2, 0.25) is 0 Å². The standard InChI is InChI=1S/C23H22N2O2S/c1-17(26)25-20-12-8-9-18(15-20)16-24-23(27)22(19-10-4-2-5-11-19)28-21-13-6-3-7-14-21/h2-15,22H,16H2,1H3,(H,24,27)(H,25,26)/t22-/m0/s1. The quantitative estimate of drug-likeness (QED) is 0.570. The zero-order chi connectivity index (χ0) is 19.8. The maximum atomic E-state index is 13.0. The number of hydrogen-bond donors (Lipinski definition) is 2. The molecule has 0 radical (unpaired) electrons. The molecular formula is C23H22N2O2S. The second-order valence-electron chi connectivity index (χ2n) is 6.32. The molecule has 1 atom stereocenters. The van der Waals surface area contributed by atoms with Gasteiger partial charge in [0.2, 0.25) is 11.8 Å². The number of thioether (sulfide) groups is 1. The van der Waals surface area contributed by atoms with Crippen LogP contribution in [0.5, 0.6) is 0 Å². The second kappa shape index (κ2) is 9.76. The summed E-state index contributed by atoms with van der Waals surface area (Å²) in [7, 11) is 0. The molecule has 0 aliphatic heterocycles. The highest BCUT2D eigenvalue weighted by Crippen LogP contribution is 2.35. The predicted molar refractivity (Wildman–Crippen MR) is 114 cm³/mol. The lowest BCUT2D eigenvalue weighted by Gasteiger charge is -2.17. The van der Waals surface area contributed by atoms with Gasteiger partial charge in [-0.3, -0.25) is 9.59 Å². The molecule has 2 N–H and O–H groups in total. The van der Waals surface area contributed by atoms with Crippen LogP contribution in [0.1, 0.15) is 23.3 Å². The topological polar surface area (TPSA) is 58.2 Å². The molecule has 3 aromatic carbocycles. The van der Waals surface area contributed by atoms with Crippen LogP contribution in [0.3, 0.4) is 0 Å². The summed E-state index contributed by atoms with van der Waals surface area (Å²) in [6, 6.07) is 27.2. The first kappa shape index (κ1) is 19.7. The van der Waals surface area contributed by atoms with Crippen molar-refractivity contribution < 1.29 is 9.59 Å². The van der Waals surface area contributed by atoms with Gasteiger partial charge in [-0.15, -0.1) is 11.8 Å². The first-order valence-corrected chi connectivity index (χ1v) is 9.90. The fourth-order valence-corrected chi connectivity index (χ4v) is 3.85. The van der Waals surface area contributed by atoms with Crippen LogP contribution in [0.15, 0.2) is 89.8 Å². The van der Waals surface area contributed by atoms with E-state index in [2.05, 4.69) is 10.6 Å². The minimum absolute atomic E-state index is 0.0509. The average Bonchev–Trinajstić information content (AvgIpc) is 2.71. The van der Waals surface area contributed by atoms with Gasteiger partial charge in [-0.2, -0.15) is 0 Å². The van der Waals surface area contributed by atoms with Crippen molar-refractivity contribution >= 4 is 29.3 Å². The zero-order valence-electron chi connectivity index (χ0n) is 15.6. The third-order valence-electron chi connectivity index (χ3n) is 4.05. The molecule has 0 saturated heterocycles. The van der Waals surface area contributed by atoms with E-state index in [0.717, 1.165) is 21.7 Å². The molecule has 3 aromatic rings. The van der Waals surface area contributed by atoms with Crippen LogP contribution in [-0.2, 0) is 16.1 Å². The van der Waals surface area contributed by atoms with Crippen molar-refractivity contribution in [2.24, 2.45) is 0 Å². The van der Waals surface area contributed by atoms with Crippen LogP contribution in [-0.4, -0.2) is 11.8 Å². The lowest BCUT2D eigenvalue weighted by molar-refractivity contribution is -0.120. The van der Waals surface area contributed by atoms with E-state index in [1.165, 1.54) is 18.7 Å². The van der Waals surface area contributed by atoms with E-state index >= 15 is 0 Å². The maximum Gasteiger partial charge on any atom is 0.238 e. The highest BCUT2D eigenvalue weighted by Gasteiger charge is 2.21. The Morgan fingerprint density at radius 2 is 1.57 bits per heavy atom. The molecule has 0 aliphatic carbocycles. The first-order chi connectivity index (χ1) is 13.6. The van der Waals surface area contributed by atoms with E-state index in [1.807, 2.05) is 84.9 Å². The van der Waals surface area contributed by atoms with Gasteiger partial charge in [0, 0.05) is 24.1 Å². The SMILES string of the molecule is CC(=O)Nc1cccc(CNC(=O)[C@@H](Sc2ccccc2)c2ccccc2)c1. The number of hydrogen-bond acceptors (Lipinski definition) is 3. The van der Waals surface area contributed by atoms with Gasteiger partial charge in [0.05, 0.1) is 0 Å². The van der Waals surface area contributed by atoms with Crippen molar-refractivity contribution in [2.45, 2.75) is 23.6 Å². The molecular weight excluding hydrogens is 368 g/mol. The van der Waals surface area contributed by atoms with Crippen molar-refractivity contribution in [3.63, 3.8) is 0 Å². The fourth-order valence-electron chi connectivity index (χ4n) is 2.78. The van der Waals surface area contributed by atoms with Gasteiger partial charge in [0.25, 0.3) is 0 Å². The molecule has 2 amide bonds. The minimum Gasteiger partial charge on any atom is -0.351 e. The normalized spacial score (nSPS) is 11.5. The van der Waals surface area contributed by atoms with Gasteiger partial charge >= 0.3 is 0 Å². The number of rotatable bonds is 7. The van der Waals surface area contributed by atoms with E-state index in [0.29, 0.717) is 6.54 Å². The van der Waals surface area contributed by atoms with Crippen LogP contribution in [0.4, 0.5) is 5.69 Å². The van der Waals surface area contributed by atoms with Crippen molar-refractivity contribution in [3.8, 4) is 0 Å². The number of benzene rings is 3. The average molecular weight is 391 g/mol. The lowest BCUT2D eigenvalue weighted by atomic mass is 10.1. The Bertz CT molecular complexity index is 930. The summed E-state index contributed by atoms with van der Waals surface area (Å²) in [5, 5.41) is 5.44. The van der Waals surface area contributed by atoms with E-state index in [-0.39, 0.29) is 17.1 Å². The van der Waals surface area contributed by atoms with Gasteiger partial charge in [-0.05, 0) is 35.4 Å². The van der Waals surface area contributed by atoms with Crippen molar-refractivity contribution in [3.05, 3.63) is 96.1 Å². The fraction of sp³-hybridized carbons (Fsp3) is 0.130. The minimum atomic E-state index is -0.345. The molecule has 3 rings (SSSR count). The summed E-state index contributed by atoms with van der Waals surface area (Å²) in [4.78, 5) is 25.2. The van der Waals surface area contributed by atoms with Gasteiger partial charge in [-0.25, -0.2) is 0 Å². The van der Waals surface area contributed by atoms with E-state index in [1.54, 1.807) is 0 Å². The Hall–Kier alpha value is -3.05. The van der Waals surface area contributed by atoms with Gasteiger partial charge in [-0.1, -0.05) is 60.7 Å². The number of anilines is 1. The van der Waals surface area contributed by atoms with Crippen molar-refractivity contribution in [2.75, 3.05) is 5.32 Å². The van der Waals surface area contributed by atoms with E-state index < -0.39 is 0 Å². The largest absolute Gasteiger partial charge is 0.351 e. The lowest BCUT2D eigenvalue weighted by Crippen LogP contribution is -2.27. The van der Waals surface area contributed by atoms with Gasteiger partial charge < -0.3 is 10.6 Å². The summed E-state index contributed by atoms with van der Waals surface area (Å²) < 4.78 is 0. The maximum absolute atomic E-state index is 13.0. The summed E-state index contributed by atoms with van der Waals surface area (Å²) >= 11 is 1.53. The van der Waals surface area contributed by atoms with E-state index in [9.17, 15) is 9.59 Å². The van der Waals surface area contributed by atoms with E-state index in [4.69, 9.17) is 0 Å². The number of amides is 2. The smallest absolute Gasteiger partial charge is 0.238 e.